The van der Waals surface area contributed by atoms with Crippen LogP contribution in [0.4, 0.5) is 4.39 Å². The highest BCUT2D eigenvalue weighted by atomic mass is 32.2. The van der Waals surface area contributed by atoms with Crippen LogP contribution in [0.15, 0.2) is 18.2 Å². The van der Waals surface area contributed by atoms with Crippen molar-refractivity contribution in [3.63, 3.8) is 0 Å². The Morgan fingerprint density at radius 3 is 3.00 bits per heavy atom. The lowest BCUT2D eigenvalue weighted by atomic mass is 10.2. The molecule has 4 heteroatoms. The molecule has 0 spiro atoms. The highest BCUT2D eigenvalue weighted by molar-refractivity contribution is 7.99. The third-order valence-electron chi connectivity index (χ3n) is 1.99. The number of carbonyl (C=O) groups excluding carboxylic acids is 1. The summed E-state index contributed by atoms with van der Waals surface area (Å²) in [5.41, 5.74) is 0.267. The molecule has 0 aliphatic heterocycles. The van der Waals surface area contributed by atoms with Crippen LogP contribution in [0.1, 0.15) is 23.7 Å². The van der Waals surface area contributed by atoms with Gasteiger partial charge in [-0.05, 0) is 36.1 Å². The van der Waals surface area contributed by atoms with Crippen molar-refractivity contribution in [2.75, 3.05) is 18.1 Å². The Morgan fingerprint density at radius 2 is 2.31 bits per heavy atom. The quantitative estimate of drug-likeness (QED) is 0.542. The second-order valence-electron chi connectivity index (χ2n) is 3.20. The van der Waals surface area contributed by atoms with Crippen molar-refractivity contribution in [2.45, 2.75) is 13.3 Å². The third kappa shape index (κ3) is 4.23. The second kappa shape index (κ2) is 7.28. The zero-order valence-electron chi connectivity index (χ0n) is 9.24. The minimum atomic E-state index is -0.420. The standard InChI is InChI=1S/C12H15FO2S/c1-2-16-7-3-6-15-12-5-4-11(13)8-10(12)9-14/h4-5,8-9H,2-3,6-7H2,1H3. The number of hydrogen-bond acceptors (Lipinski definition) is 3. The maximum atomic E-state index is 12.8. The second-order valence-corrected chi connectivity index (χ2v) is 4.59. The molecule has 0 aromatic heterocycles. The van der Waals surface area contributed by atoms with Crippen molar-refractivity contribution in [3.05, 3.63) is 29.6 Å². The molecule has 0 amide bonds. The summed E-state index contributed by atoms with van der Waals surface area (Å²) in [6.07, 6.45) is 1.54. The van der Waals surface area contributed by atoms with Gasteiger partial charge in [0, 0.05) is 0 Å². The van der Waals surface area contributed by atoms with Gasteiger partial charge < -0.3 is 4.74 Å². The number of benzene rings is 1. The molecule has 0 aliphatic rings. The zero-order valence-corrected chi connectivity index (χ0v) is 10.1. The minimum Gasteiger partial charge on any atom is -0.493 e. The lowest BCUT2D eigenvalue weighted by Gasteiger charge is -2.07. The van der Waals surface area contributed by atoms with Crippen molar-refractivity contribution in [3.8, 4) is 5.75 Å². The van der Waals surface area contributed by atoms with Crippen LogP contribution in [0.25, 0.3) is 0 Å². The maximum absolute atomic E-state index is 12.8. The van der Waals surface area contributed by atoms with Gasteiger partial charge in [-0.1, -0.05) is 6.92 Å². The van der Waals surface area contributed by atoms with Gasteiger partial charge in [0.2, 0.25) is 0 Å². The fourth-order valence-electron chi connectivity index (χ4n) is 1.23. The molecule has 88 valence electrons. The first-order chi connectivity index (χ1) is 7.77. The van der Waals surface area contributed by atoms with E-state index in [-0.39, 0.29) is 5.56 Å². The highest BCUT2D eigenvalue weighted by Crippen LogP contribution is 2.18. The number of halogens is 1. The molecule has 0 saturated carbocycles. The number of aldehydes is 1. The van der Waals surface area contributed by atoms with E-state index in [0.29, 0.717) is 18.6 Å². The summed E-state index contributed by atoms with van der Waals surface area (Å²) in [6, 6.07) is 3.97. The summed E-state index contributed by atoms with van der Waals surface area (Å²) in [5.74, 6) is 2.17. The van der Waals surface area contributed by atoms with E-state index in [1.807, 2.05) is 11.8 Å². The Labute approximate surface area is 99.2 Å². The van der Waals surface area contributed by atoms with Gasteiger partial charge in [0.15, 0.2) is 6.29 Å². The molecule has 0 bridgehead atoms. The molecule has 1 rings (SSSR count). The van der Waals surface area contributed by atoms with Crippen LogP contribution in [0.3, 0.4) is 0 Å². The van der Waals surface area contributed by atoms with E-state index in [4.69, 9.17) is 4.74 Å². The number of carbonyl (C=O) groups is 1. The molecule has 0 unspecified atom stereocenters. The van der Waals surface area contributed by atoms with Crippen molar-refractivity contribution >= 4 is 18.0 Å². The van der Waals surface area contributed by atoms with Crippen LogP contribution in [-0.4, -0.2) is 24.4 Å². The van der Waals surface area contributed by atoms with Crippen LogP contribution in [-0.2, 0) is 0 Å². The minimum absolute atomic E-state index is 0.267. The third-order valence-corrected chi connectivity index (χ3v) is 2.98. The molecule has 16 heavy (non-hydrogen) atoms. The Kier molecular flexibility index (Phi) is 5.93. The molecule has 0 heterocycles. The topological polar surface area (TPSA) is 26.3 Å². The first-order valence-electron chi connectivity index (χ1n) is 5.23. The Balaban J connectivity index is 2.44. The first-order valence-corrected chi connectivity index (χ1v) is 6.38. The summed E-state index contributed by atoms with van der Waals surface area (Å²) >= 11 is 1.85. The molecule has 0 saturated heterocycles. The fourth-order valence-corrected chi connectivity index (χ4v) is 1.84. The van der Waals surface area contributed by atoms with E-state index in [0.717, 1.165) is 17.9 Å². The molecule has 0 N–H and O–H groups in total. The van der Waals surface area contributed by atoms with Gasteiger partial charge in [-0.15, -0.1) is 0 Å². The number of ether oxygens (including phenoxy) is 1. The van der Waals surface area contributed by atoms with E-state index in [2.05, 4.69) is 6.92 Å². The van der Waals surface area contributed by atoms with E-state index in [9.17, 15) is 9.18 Å². The lowest BCUT2D eigenvalue weighted by molar-refractivity contribution is 0.111. The normalized spacial score (nSPS) is 10.1. The molecule has 0 aliphatic carbocycles. The van der Waals surface area contributed by atoms with E-state index >= 15 is 0 Å². The molecule has 0 fully saturated rings. The van der Waals surface area contributed by atoms with Crippen LogP contribution >= 0.6 is 11.8 Å². The SMILES string of the molecule is CCSCCCOc1ccc(F)cc1C=O. The van der Waals surface area contributed by atoms with Crippen LogP contribution in [0.2, 0.25) is 0 Å². The van der Waals surface area contributed by atoms with Crippen LogP contribution < -0.4 is 4.74 Å². The molecule has 0 radical (unpaired) electrons. The fraction of sp³-hybridized carbons (Fsp3) is 0.417. The molecular formula is C12H15FO2S. The first kappa shape index (κ1) is 13.0. The number of thioether (sulfide) groups is 1. The summed E-state index contributed by atoms with van der Waals surface area (Å²) in [6.45, 7) is 2.66. The van der Waals surface area contributed by atoms with Crippen LogP contribution in [0.5, 0.6) is 5.75 Å². The Hall–Kier alpha value is -1.03. The molecule has 1 aromatic carbocycles. The van der Waals surface area contributed by atoms with Gasteiger partial charge in [0.25, 0.3) is 0 Å². The van der Waals surface area contributed by atoms with Crippen molar-refractivity contribution in [1.29, 1.82) is 0 Å². The highest BCUT2D eigenvalue weighted by Gasteiger charge is 2.04. The van der Waals surface area contributed by atoms with Gasteiger partial charge in [0.1, 0.15) is 11.6 Å². The van der Waals surface area contributed by atoms with E-state index in [1.54, 1.807) is 0 Å². The monoisotopic (exact) mass is 242 g/mol. The number of rotatable bonds is 7. The summed E-state index contributed by atoms with van der Waals surface area (Å²) in [7, 11) is 0. The van der Waals surface area contributed by atoms with Gasteiger partial charge >= 0.3 is 0 Å². The molecule has 2 nitrogen and oxygen atoms in total. The van der Waals surface area contributed by atoms with Gasteiger partial charge in [-0.3, -0.25) is 4.79 Å². The number of hydrogen-bond donors (Lipinski definition) is 0. The molecular weight excluding hydrogens is 227 g/mol. The Bertz CT molecular complexity index is 342. The Morgan fingerprint density at radius 1 is 1.50 bits per heavy atom. The lowest BCUT2D eigenvalue weighted by Crippen LogP contribution is -2.01. The zero-order chi connectivity index (χ0) is 11.8. The largest absolute Gasteiger partial charge is 0.493 e. The van der Waals surface area contributed by atoms with Crippen molar-refractivity contribution in [2.24, 2.45) is 0 Å². The average Bonchev–Trinajstić information content (AvgIpc) is 2.30. The van der Waals surface area contributed by atoms with Crippen molar-refractivity contribution in [1.82, 2.24) is 0 Å². The van der Waals surface area contributed by atoms with E-state index < -0.39 is 5.82 Å². The van der Waals surface area contributed by atoms with Crippen LogP contribution in [0, 0.1) is 5.82 Å². The van der Waals surface area contributed by atoms with E-state index in [1.165, 1.54) is 18.2 Å². The molecule has 0 atom stereocenters. The average molecular weight is 242 g/mol. The van der Waals surface area contributed by atoms with Crippen molar-refractivity contribution < 1.29 is 13.9 Å². The maximum Gasteiger partial charge on any atom is 0.153 e. The molecule has 1 aromatic rings. The van der Waals surface area contributed by atoms with Gasteiger partial charge in [-0.2, -0.15) is 11.8 Å². The summed E-state index contributed by atoms with van der Waals surface area (Å²) < 4.78 is 18.2. The summed E-state index contributed by atoms with van der Waals surface area (Å²) in [5, 5.41) is 0. The van der Waals surface area contributed by atoms with Gasteiger partial charge in [-0.25, -0.2) is 4.39 Å². The predicted octanol–water partition coefficient (Wildman–Crippen LogP) is 3.16. The predicted molar refractivity (Wildman–Crippen MR) is 64.9 cm³/mol. The summed E-state index contributed by atoms with van der Waals surface area (Å²) in [4.78, 5) is 10.7. The van der Waals surface area contributed by atoms with Gasteiger partial charge in [0.05, 0.1) is 12.2 Å². The smallest absolute Gasteiger partial charge is 0.153 e.